The van der Waals surface area contributed by atoms with Crippen molar-refractivity contribution in [3.63, 3.8) is 0 Å². The third-order valence-corrected chi connectivity index (χ3v) is 3.14. The molecule has 0 atom stereocenters. The van der Waals surface area contributed by atoms with Gasteiger partial charge in [0.25, 0.3) is 0 Å². The first-order valence-electron chi connectivity index (χ1n) is 5.48. The number of halogens is 1. The molecular formula is C12H16ClNO. The summed E-state index contributed by atoms with van der Waals surface area (Å²) in [6.07, 6.45) is 5.33. The van der Waals surface area contributed by atoms with Crippen LogP contribution in [0.5, 0.6) is 0 Å². The number of hydroxylamine groups is 1. The Morgan fingerprint density at radius 3 is 2.73 bits per heavy atom. The molecule has 1 fully saturated rings. The lowest BCUT2D eigenvalue weighted by Crippen LogP contribution is -2.21. The fourth-order valence-electron chi connectivity index (χ4n) is 1.89. The molecule has 1 aromatic carbocycles. The molecule has 0 aliphatic heterocycles. The first-order chi connectivity index (χ1) is 7.36. The van der Waals surface area contributed by atoms with Gasteiger partial charge < -0.3 is 0 Å². The molecule has 0 saturated heterocycles. The average Bonchev–Trinajstić information content (AvgIpc) is 2.74. The molecule has 0 unspecified atom stereocenters. The summed E-state index contributed by atoms with van der Waals surface area (Å²) < 4.78 is 0. The average molecular weight is 226 g/mol. The third kappa shape index (κ3) is 3.20. The van der Waals surface area contributed by atoms with Crippen LogP contribution in [0.25, 0.3) is 0 Å². The lowest BCUT2D eigenvalue weighted by Gasteiger charge is -2.12. The van der Waals surface area contributed by atoms with Crippen LogP contribution in [-0.2, 0) is 11.4 Å². The molecule has 2 nitrogen and oxygen atoms in total. The monoisotopic (exact) mass is 225 g/mol. The molecule has 3 heteroatoms. The summed E-state index contributed by atoms with van der Waals surface area (Å²) in [4.78, 5) is 5.55. The van der Waals surface area contributed by atoms with Gasteiger partial charge in [0.1, 0.15) is 0 Å². The normalized spacial score (nSPS) is 17.1. The highest BCUT2D eigenvalue weighted by atomic mass is 35.5. The Bertz CT molecular complexity index is 310. The minimum absolute atomic E-state index is 0.396. The van der Waals surface area contributed by atoms with E-state index in [1.807, 2.05) is 24.3 Å². The molecular weight excluding hydrogens is 210 g/mol. The van der Waals surface area contributed by atoms with Gasteiger partial charge in [0.2, 0.25) is 0 Å². The van der Waals surface area contributed by atoms with Crippen LogP contribution < -0.4 is 5.48 Å². The molecule has 1 N–H and O–H groups in total. The predicted molar refractivity (Wildman–Crippen MR) is 61.6 cm³/mol. The van der Waals surface area contributed by atoms with Gasteiger partial charge in [-0.25, -0.2) is 0 Å². The maximum Gasteiger partial charge on any atom is 0.0790 e. The summed E-state index contributed by atoms with van der Waals surface area (Å²) in [5, 5.41) is 0.792. The summed E-state index contributed by atoms with van der Waals surface area (Å²) in [6.45, 7) is 0.677. The van der Waals surface area contributed by atoms with Gasteiger partial charge in [0.05, 0.1) is 6.10 Å². The quantitative estimate of drug-likeness (QED) is 0.794. The number of hydrogen-bond donors (Lipinski definition) is 1. The van der Waals surface area contributed by atoms with Gasteiger partial charge in [-0.1, -0.05) is 42.6 Å². The molecule has 0 heterocycles. The molecule has 1 aliphatic carbocycles. The van der Waals surface area contributed by atoms with Crippen molar-refractivity contribution in [2.24, 2.45) is 0 Å². The second-order valence-electron chi connectivity index (χ2n) is 3.94. The molecule has 0 amide bonds. The number of hydrogen-bond acceptors (Lipinski definition) is 2. The van der Waals surface area contributed by atoms with Gasteiger partial charge in [-0.3, -0.25) is 4.84 Å². The Balaban J connectivity index is 1.75. The van der Waals surface area contributed by atoms with Crippen molar-refractivity contribution in [2.45, 2.75) is 38.3 Å². The summed E-state index contributed by atoms with van der Waals surface area (Å²) in [5.41, 5.74) is 4.08. The zero-order valence-corrected chi connectivity index (χ0v) is 9.46. The predicted octanol–water partition coefficient (Wildman–Crippen LogP) is 3.30. The van der Waals surface area contributed by atoms with Crippen LogP contribution in [-0.4, -0.2) is 6.10 Å². The number of benzene rings is 1. The largest absolute Gasteiger partial charge is 0.298 e. The Morgan fingerprint density at radius 2 is 2.00 bits per heavy atom. The minimum Gasteiger partial charge on any atom is -0.298 e. The Kier molecular flexibility index (Phi) is 4.01. The maximum absolute atomic E-state index is 6.02. The van der Waals surface area contributed by atoms with Crippen LogP contribution in [0.1, 0.15) is 31.2 Å². The lowest BCUT2D eigenvalue weighted by molar-refractivity contribution is -0.0244. The summed E-state index contributed by atoms with van der Waals surface area (Å²) >= 11 is 6.02. The van der Waals surface area contributed by atoms with Gasteiger partial charge in [-0.15, -0.1) is 0 Å². The van der Waals surface area contributed by atoms with Crippen LogP contribution in [0.3, 0.4) is 0 Å². The summed E-state index contributed by atoms with van der Waals surface area (Å²) in [5.74, 6) is 0. The second-order valence-corrected chi connectivity index (χ2v) is 4.34. The molecule has 0 spiro atoms. The highest BCUT2D eigenvalue weighted by Crippen LogP contribution is 2.20. The van der Waals surface area contributed by atoms with Crippen LogP contribution >= 0.6 is 11.6 Å². The SMILES string of the molecule is Clc1ccccc1CNOC1CCCC1. The maximum atomic E-state index is 6.02. The summed E-state index contributed by atoms with van der Waals surface area (Å²) in [6, 6.07) is 7.82. The molecule has 1 aromatic rings. The van der Waals surface area contributed by atoms with E-state index in [0.29, 0.717) is 12.6 Å². The molecule has 82 valence electrons. The lowest BCUT2D eigenvalue weighted by atomic mass is 10.2. The standard InChI is InChI=1S/C12H16ClNO/c13-12-8-4-1-5-10(12)9-14-15-11-6-2-3-7-11/h1,4-5,8,11,14H,2-3,6-7,9H2. The Labute approximate surface area is 95.5 Å². The summed E-state index contributed by atoms with van der Waals surface area (Å²) in [7, 11) is 0. The Hall–Kier alpha value is -0.570. The first-order valence-corrected chi connectivity index (χ1v) is 5.86. The van der Waals surface area contributed by atoms with E-state index >= 15 is 0 Å². The Morgan fingerprint density at radius 1 is 1.27 bits per heavy atom. The van der Waals surface area contributed by atoms with Crippen LogP contribution in [0.15, 0.2) is 24.3 Å². The van der Waals surface area contributed by atoms with E-state index in [1.165, 1.54) is 25.7 Å². The van der Waals surface area contributed by atoms with Crippen molar-refractivity contribution in [1.29, 1.82) is 0 Å². The third-order valence-electron chi connectivity index (χ3n) is 2.77. The van der Waals surface area contributed by atoms with Crippen molar-refractivity contribution in [1.82, 2.24) is 5.48 Å². The van der Waals surface area contributed by atoms with Gasteiger partial charge in [0, 0.05) is 11.6 Å². The van der Waals surface area contributed by atoms with Gasteiger partial charge in [-0.05, 0) is 24.5 Å². The van der Waals surface area contributed by atoms with Crippen LogP contribution in [0.2, 0.25) is 5.02 Å². The van der Waals surface area contributed by atoms with E-state index in [2.05, 4.69) is 5.48 Å². The van der Waals surface area contributed by atoms with Crippen molar-refractivity contribution in [3.05, 3.63) is 34.9 Å². The van der Waals surface area contributed by atoms with Crippen LogP contribution in [0, 0.1) is 0 Å². The van der Waals surface area contributed by atoms with Crippen molar-refractivity contribution >= 4 is 11.6 Å². The zero-order chi connectivity index (χ0) is 10.5. The van der Waals surface area contributed by atoms with Crippen LogP contribution in [0.4, 0.5) is 0 Å². The molecule has 1 saturated carbocycles. The molecule has 0 aromatic heterocycles. The fraction of sp³-hybridized carbons (Fsp3) is 0.500. The molecule has 15 heavy (non-hydrogen) atoms. The van der Waals surface area contributed by atoms with E-state index in [9.17, 15) is 0 Å². The van der Waals surface area contributed by atoms with Crippen molar-refractivity contribution in [3.8, 4) is 0 Å². The van der Waals surface area contributed by atoms with E-state index in [0.717, 1.165) is 10.6 Å². The zero-order valence-electron chi connectivity index (χ0n) is 8.71. The first kappa shape index (κ1) is 10.9. The number of rotatable bonds is 4. The van der Waals surface area contributed by atoms with Gasteiger partial charge in [0.15, 0.2) is 0 Å². The van der Waals surface area contributed by atoms with E-state index in [4.69, 9.17) is 16.4 Å². The minimum atomic E-state index is 0.396. The number of nitrogens with one attached hydrogen (secondary N) is 1. The molecule has 0 bridgehead atoms. The van der Waals surface area contributed by atoms with Crippen molar-refractivity contribution < 1.29 is 4.84 Å². The highest BCUT2D eigenvalue weighted by Gasteiger charge is 2.15. The fourth-order valence-corrected chi connectivity index (χ4v) is 2.09. The second kappa shape index (κ2) is 5.50. The highest BCUT2D eigenvalue weighted by molar-refractivity contribution is 6.31. The van der Waals surface area contributed by atoms with Crippen molar-refractivity contribution in [2.75, 3.05) is 0 Å². The molecule has 1 aliphatic rings. The smallest absolute Gasteiger partial charge is 0.0790 e. The molecule has 2 rings (SSSR count). The van der Waals surface area contributed by atoms with E-state index < -0.39 is 0 Å². The van der Waals surface area contributed by atoms with Gasteiger partial charge in [-0.2, -0.15) is 5.48 Å². The van der Waals surface area contributed by atoms with E-state index in [-0.39, 0.29) is 0 Å². The van der Waals surface area contributed by atoms with E-state index in [1.54, 1.807) is 0 Å². The molecule has 0 radical (unpaired) electrons. The topological polar surface area (TPSA) is 21.3 Å². The van der Waals surface area contributed by atoms with Gasteiger partial charge >= 0.3 is 0 Å².